The third-order valence-corrected chi connectivity index (χ3v) is 8.38. The summed E-state index contributed by atoms with van der Waals surface area (Å²) in [6.07, 6.45) is 1.97. The zero-order valence-corrected chi connectivity index (χ0v) is 28.8. The molecule has 256 valence electrons. The fourth-order valence-corrected chi connectivity index (χ4v) is 5.64. The second-order valence-electron chi connectivity index (χ2n) is 14.5. The van der Waals surface area contributed by atoms with Gasteiger partial charge in [-0.3, -0.25) is 19.3 Å². The molecule has 4 amide bonds. The summed E-state index contributed by atoms with van der Waals surface area (Å²) in [5.74, 6) is -2.87. The average Bonchev–Trinajstić information content (AvgIpc) is 3.41. The number of carbonyl (C=O) groups excluding carboxylic acids is 4. The van der Waals surface area contributed by atoms with E-state index in [0.29, 0.717) is 12.8 Å². The molecule has 11 nitrogen and oxygen atoms in total. The minimum atomic E-state index is -1.22. The number of nitrogens with zero attached hydrogens (tertiary/aromatic N) is 2. The quantitative estimate of drug-likeness (QED) is 0.303. The van der Waals surface area contributed by atoms with Crippen LogP contribution in [0.4, 0.5) is 4.79 Å². The minimum absolute atomic E-state index is 0.0619. The van der Waals surface area contributed by atoms with Crippen molar-refractivity contribution in [1.29, 1.82) is 0 Å². The predicted molar refractivity (Wildman–Crippen MR) is 180 cm³/mol. The van der Waals surface area contributed by atoms with Gasteiger partial charge in [0.05, 0.1) is 0 Å². The largest absolute Gasteiger partial charge is 0.480 e. The van der Waals surface area contributed by atoms with Gasteiger partial charge in [0.25, 0.3) is 0 Å². The smallest absolute Gasteiger partial charge is 0.410 e. The van der Waals surface area contributed by atoms with Gasteiger partial charge in [0.2, 0.25) is 17.7 Å². The van der Waals surface area contributed by atoms with Gasteiger partial charge in [-0.15, -0.1) is 6.58 Å². The number of aliphatic carboxylic acids is 1. The van der Waals surface area contributed by atoms with E-state index in [1.165, 1.54) is 23.8 Å². The van der Waals surface area contributed by atoms with Gasteiger partial charge in [-0.05, 0) is 68.2 Å². The first-order valence-electron chi connectivity index (χ1n) is 16.0. The number of hydrogen-bond acceptors (Lipinski definition) is 6. The maximum atomic E-state index is 14.2. The summed E-state index contributed by atoms with van der Waals surface area (Å²) in [5.41, 5.74) is -0.775. The van der Waals surface area contributed by atoms with Crippen molar-refractivity contribution in [3.05, 3.63) is 60.7 Å². The number of carbonyl (C=O) groups is 5. The van der Waals surface area contributed by atoms with E-state index in [4.69, 9.17) is 4.74 Å². The van der Waals surface area contributed by atoms with Crippen molar-refractivity contribution in [2.75, 3.05) is 13.6 Å². The van der Waals surface area contributed by atoms with Crippen molar-refractivity contribution in [3.8, 4) is 0 Å². The molecule has 3 N–H and O–H groups in total. The molecule has 0 aromatic heterocycles. The molecular weight excluding hydrogens is 600 g/mol. The summed E-state index contributed by atoms with van der Waals surface area (Å²) in [6, 6.07) is 9.22. The highest BCUT2D eigenvalue weighted by molar-refractivity contribution is 5.95. The van der Waals surface area contributed by atoms with Crippen molar-refractivity contribution in [1.82, 2.24) is 20.4 Å². The maximum absolute atomic E-state index is 14.2. The molecule has 0 radical (unpaired) electrons. The van der Waals surface area contributed by atoms with E-state index in [1.54, 1.807) is 47.6 Å². The van der Waals surface area contributed by atoms with E-state index in [-0.39, 0.29) is 18.9 Å². The predicted octanol–water partition coefficient (Wildman–Crippen LogP) is 4.53. The van der Waals surface area contributed by atoms with Gasteiger partial charge in [0, 0.05) is 20.0 Å². The first-order valence-corrected chi connectivity index (χ1v) is 16.0. The van der Waals surface area contributed by atoms with Crippen LogP contribution in [0.2, 0.25) is 0 Å². The summed E-state index contributed by atoms with van der Waals surface area (Å²) in [7, 11) is 1.45. The fraction of sp³-hybridized carbons (Fsp3) is 0.528. The summed E-state index contributed by atoms with van der Waals surface area (Å²) in [6.45, 7) is 16.2. The third kappa shape index (κ3) is 9.79. The van der Waals surface area contributed by atoms with Gasteiger partial charge in [-0.2, -0.15) is 0 Å². The first-order chi connectivity index (χ1) is 21.8. The summed E-state index contributed by atoms with van der Waals surface area (Å²) < 4.78 is 5.39. The Labute approximate surface area is 277 Å². The minimum Gasteiger partial charge on any atom is -0.480 e. The number of fused-ring (bicyclic) bond motifs is 1. The van der Waals surface area contributed by atoms with E-state index in [2.05, 4.69) is 17.2 Å². The normalized spacial score (nSPS) is 18.5. The SMILES string of the molecule is C=CC[C@H]1C[C@@H](C(=O)NC(Cc2ccc3ccccc3c2)C(=O)O)N(C(=O)C(NC(=O)C(C)N(C)C(=O)OC(C)(C)C)C(C)(C)C)C1. The van der Waals surface area contributed by atoms with Crippen molar-refractivity contribution in [2.24, 2.45) is 11.3 Å². The number of likely N-dealkylation sites (N-methyl/N-ethyl adjacent to an activating group) is 1. The van der Waals surface area contributed by atoms with Crippen molar-refractivity contribution >= 4 is 40.6 Å². The Morgan fingerprint density at radius 2 is 1.68 bits per heavy atom. The Balaban J connectivity index is 1.82. The number of ether oxygens (including phenoxy) is 1. The van der Waals surface area contributed by atoms with E-state index >= 15 is 0 Å². The lowest BCUT2D eigenvalue weighted by Gasteiger charge is -2.37. The zero-order valence-electron chi connectivity index (χ0n) is 28.8. The molecule has 1 aliphatic rings. The van der Waals surface area contributed by atoms with Gasteiger partial charge >= 0.3 is 12.1 Å². The van der Waals surface area contributed by atoms with Crippen LogP contribution >= 0.6 is 0 Å². The number of allylic oxidation sites excluding steroid dienone is 1. The molecule has 1 aliphatic heterocycles. The molecule has 0 bridgehead atoms. The van der Waals surface area contributed by atoms with Crippen LogP contribution in [0.25, 0.3) is 10.8 Å². The van der Waals surface area contributed by atoms with E-state index in [0.717, 1.165) is 16.3 Å². The zero-order chi connectivity index (χ0) is 35.3. The van der Waals surface area contributed by atoms with Crippen LogP contribution in [0.3, 0.4) is 0 Å². The standard InChI is InChI=1S/C36H50N4O7/c1-10-13-24-20-28(31(42)37-27(33(44)45)19-23-16-17-25-14-11-12-15-26(25)18-23)40(21-24)32(43)29(35(3,4)5)38-30(41)22(2)39(9)34(46)47-36(6,7)8/h10-12,14-18,22,24,27-29H,1,13,19-21H2,2-9H3,(H,37,42)(H,38,41)(H,44,45)/t22?,24-,27?,28-,29?/m0/s1. The summed E-state index contributed by atoms with van der Waals surface area (Å²) in [4.78, 5) is 68.9. The molecule has 0 spiro atoms. The number of hydrogen-bond donors (Lipinski definition) is 3. The lowest BCUT2D eigenvalue weighted by Crippen LogP contribution is -2.60. The molecule has 2 aromatic carbocycles. The van der Waals surface area contributed by atoms with Gasteiger partial charge in [-0.25, -0.2) is 9.59 Å². The van der Waals surface area contributed by atoms with Crippen LogP contribution < -0.4 is 10.6 Å². The monoisotopic (exact) mass is 650 g/mol. The number of carboxylic acid groups (broad SMARTS) is 1. The highest BCUT2D eigenvalue weighted by Gasteiger charge is 2.45. The molecular formula is C36H50N4O7. The molecule has 5 atom stereocenters. The van der Waals surface area contributed by atoms with Crippen molar-refractivity contribution < 1.29 is 33.8 Å². The second-order valence-corrected chi connectivity index (χ2v) is 14.5. The van der Waals surface area contributed by atoms with Crippen molar-refractivity contribution in [2.45, 2.75) is 97.5 Å². The molecule has 0 aliphatic carbocycles. The molecule has 0 saturated carbocycles. The Bertz CT molecular complexity index is 1490. The first kappa shape index (κ1) is 37.1. The van der Waals surface area contributed by atoms with E-state index < -0.39 is 65.0 Å². The highest BCUT2D eigenvalue weighted by Crippen LogP contribution is 2.31. The average molecular weight is 651 g/mol. The summed E-state index contributed by atoms with van der Waals surface area (Å²) in [5, 5.41) is 17.5. The van der Waals surface area contributed by atoms with E-state index in [1.807, 2.05) is 42.5 Å². The summed E-state index contributed by atoms with van der Waals surface area (Å²) >= 11 is 0. The highest BCUT2D eigenvalue weighted by atomic mass is 16.6. The lowest BCUT2D eigenvalue weighted by molar-refractivity contribution is -0.146. The van der Waals surface area contributed by atoms with Crippen LogP contribution in [-0.2, 0) is 30.3 Å². The van der Waals surface area contributed by atoms with Crippen LogP contribution in [0.1, 0.15) is 66.9 Å². The number of nitrogens with one attached hydrogen (secondary N) is 2. The topological polar surface area (TPSA) is 145 Å². The Morgan fingerprint density at radius 1 is 1.04 bits per heavy atom. The molecule has 1 saturated heterocycles. The molecule has 3 unspecified atom stereocenters. The van der Waals surface area contributed by atoms with Gasteiger partial charge < -0.3 is 25.4 Å². The van der Waals surface area contributed by atoms with Gasteiger partial charge in [-0.1, -0.05) is 69.3 Å². The molecule has 47 heavy (non-hydrogen) atoms. The van der Waals surface area contributed by atoms with Gasteiger partial charge in [0.15, 0.2) is 0 Å². The van der Waals surface area contributed by atoms with Gasteiger partial charge in [0.1, 0.15) is 29.8 Å². The lowest BCUT2D eigenvalue weighted by atomic mass is 9.85. The van der Waals surface area contributed by atoms with Crippen LogP contribution in [0.5, 0.6) is 0 Å². The second kappa shape index (κ2) is 15.0. The molecule has 2 aromatic rings. The fourth-order valence-electron chi connectivity index (χ4n) is 5.64. The molecule has 1 fully saturated rings. The Kier molecular flexibility index (Phi) is 11.8. The number of amides is 4. The number of benzene rings is 2. The Morgan fingerprint density at radius 3 is 2.26 bits per heavy atom. The molecule has 1 heterocycles. The number of likely N-dealkylation sites (tertiary alicyclic amines) is 1. The van der Waals surface area contributed by atoms with Crippen LogP contribution in [0.15, 0.2) is 55.1 Å². The molecule has 11 heteroatoms. The number of rotatable bonds is 11. The Hall–Kier alpha value is -4.41. The van der Waals surface area contributed by atoms with Crippen LogP contribution in [-0.4, -0.2) is 88.1 Å². The van der Waals surface area contributed by atoms with E-state index in [9.17, 15) is 29.1 Å². The maximum Gasteiger partial charge on any atom is 0.410 e. The molecule has 3 rings (SSSR count). The van der Waals surface area contributed by atoms with Crippen LogP contribution in [0, 0.1) is 11.3 Å². The third-order valence-electron chi connectivity index (χ3n) is 8.38. The number of carboxylic acids is 1. The van der Waals surface area contributed by atoms with Crippen molar-refractivity contribution in [3.63, 3.8) is 0 Å².